The van der Waals surface area contributed by atoms with Crippen molar-refractivity contribution in [1.29, 1.82) is 0 Å². The second-order valence-electron chi connectivity index (χ2n) is 5.94. The quantitative estimate of drug-likeness (QED) is 0.886. The SMILES string of the molecule is CC(C)Oc1cncc(CC2CC3CCC2N3)c1. The lowest BCUT2D eigenvalue weighted by Gasteiger charge is -2.20. The fraction of sp³-hybridized carbons (Fsp3) is 0.667. The maximum atomic E-state index is 5.70. The van der Waals surface area contributed by atoms with Crippen molar-refractivity contribution in [3.63, 3.8) is 0 Å². The molecule has 98 valence electrons. The zero-order valence-electron chi connectivity index (χ0n) is 11.2. The van der Waals surface area contributed by atoms with E-state index in [4.69, 9.17) is 4.74 Å². The first kappa shape index (κ1) is 12.0. The Bertz CT molecular complexity index is 419. The second kappa shape index (κ2) is 4.88. The molecule has 0 saturated carbocycles. The lowest BCUT2D eigenvalue weighted by Crippen LogP contribution is -2.24. The van der Waals surface area contributed by atoms with E-state index >= 15 is 0 Å². The van der Waals surface area contributed by atoms with E-state index in [1.165, 1.54) is 24.8 Å². The minimum absolute atomic E-state index is 0.214. The Balaban J connectivity index is 1.65. The molecule has 3 unspecified atom stereocenters. The third-order valence-electron chi connectivity index (χ3n) is 4.07. The molecule has 3 heteroatoms. The Morgan fingerprint density at radius 3 is 2.94 bits per heavy atom. The third kappa shape index (κ3) is 2.51. The number of nitrogens with zero attached hydrogens (tertiary/aromatic N) is 1. The molecule has 1 aromatic heterocycles. The molecule has 0 radical (unpaired) electrons. The average molecular weight is 246 g/mol. The highest BCUT2D eigenvalue weighted by molar-refractivity contribution is 5.24. The maximum absolute atomic E-state index is 5.70. The van der Waals surface area contributed by atoms with Crippen molar-refractivity contribution in [1.82, 2.24) is 10.3 Å². The summed E-state index contributed by atoms with van der Waals surface area (Å²) < 4.78 is 5.70. The van der Waals surface area contributed by atoms with Crippen LogP contribution in [-0.4, -0.2) is 23.2 Å². The molecule has 3 nitrogen and oxygen atoms in total. The summed E-state index contributed by atoms with van der Waals surface area (Å²) in [6.45, 7) is 4.10. The predicted molar refractivity (Wildman–Crippen MR) is 71.8 cm³/mol. The standard InChI is InChI=1S/C15H22N2O/c1-10(2)18-14-6-11(8-16-9-14)5-12-7-13-3-4-15(12)17-13/h6,8-10,12-13,15,17H,3-5,7H2,1-2H3. The van der Waals surface area contributed by atoms with Crippen LogP contribution in [0, 0.1) is 5.92 Å². The van der Waals surface area contributed by atoms with Gasteiger partial charge in [0.1, 0.15) is 5.75 Å². The fourth-order valence-electron chi connectivity index (χ4n) is 3.38. The van der Waals surface area contributed by atoms with Crippen LogP contribution < -0.4 is 10.1 Å². The Kier molecular flexibility index (Phi) is 3.25. The topological polar surface area (TPSA) is 34.1 Å². The Morgan fingerprint density at radius 2 is 2.28 bits per heavy atom. The molecule has 3 rings (SSSR count). The highest BCUT2D eigenvalue weighted by Gasteiger charge is 2.38. The number of rotatable bonds is 4. The molecular weight excluding hydrogens is 224 g/mol. The summed E-state index contributed by atoms with van der Waals surface area (Å²) in [6, 6.07) is 3.67. The number of hydrogen-bond donors (Lipinski definition) is 1. The summed E-state index contributed by atoms with van der Waals surface area (Å²) in [6.07, 6.45) is 9.20. The third-order valence-corrected chi connectivity index (χ3v) is 4.07. The molecule has 3 atom stereocenters. The van der Waals surface area contributed by atoms with Gasteiger partial charge in [-0.2, -0.15) is 0 Å². The van der Waals surface area contributed by atoms with Crippen molar-refractivity contribution in [2.24, 2.45) is 5.92 Å². The molecule has 0 aliphatic carbocycles. The van der Waals surface area contributed by atoms with E-state index in [0.717, 1.165) is 30.2 Å². The lowest BCUT2D eigenvalue weighted by molar-refractivity contribution is 0.241. The van der Waals surface area contributed by atoms with E-state index in [1.54, 1.807) is 0 Å². The van der Waals surface area contributed by atoms with E-state index in [2.05, 4.69) is 16.4 Å². The molecule has 0 aromatic carbocycles. The normalized spacial score (nSPS) is 30.1. The van der Waals surface area contributed by atoms with Crippen LogP contribution in [0.5, 0.6) is 5.75 Å². The van der Waals surface area contributed by atoms with Gasteiger partial charge in [0.05, 0.1) is 12.3 Å². The summed E-state index contributed by atoms with van der Waals surface area (Å²) in [5.41, 5.74) is 1.31. The molecular formula is C15H22N2O. The molecule has 1 aromatic rings. The first-order chi connectivity index (χ1) is 8.70. The highest BCUT2D eigenvalue weighted by atomic mass is 16.5. The molecule has 0 spiro atoms. The van der Waals surface area contributed by atoms with Gasteiger partial charge in [-0.05, 0) is 57.1 Å². The van der Waals surface area contributed by atoms with E-state index in [-0.39, 0.29) is 6.10 Å². The summed E-state index contributed by atoms with van der Waals surface area (Å²) in [5, 5.41) is 3.69. The van der Waals surface area contributed by atoms with Gasteiger partial charge < -0.3 is 10.1 Å². The predicted octanol–water partition coefficient (Wildman–Crippen LogP) is 2.55. The van der Waals surface area contributed by atoms with Crippen molar-refractivity contribution in [3.05, 3.63) is 24.0 Å². The number of fused-ring (bicyclic) bond motifs is 2. The van der Waals surface area contributed by atoms with Gasteiger partial charge >= 0.3 is 0 Å². The summed E-state index contributed by atoms with van der Waals surface area (Å²) >= 11 is 0. The van der Waals surface area contributed by atoms with Crippen LogP contribution in [0.4, 0.5) is 0 Å². The Hall–Kier alpha value is -1.09. The number of nitrogens with one attached hydrogen (secondary N) is 1. The first-order valence-electron chi connectivity index (χ1n) is 7.07. The summed E-state index contributed by atoms with van der Waals surface area (Å²) in [4.78, 5) is 4.30. The smallest absolute Gasteiger partial charge is 0.138 e. The van der Waals surface area contributed by atoms with Crippen molar-refractivity contribution < 1.29 is 4.74 Å². The molecule has 2 aliphatic heterocycles. The van der Waals surface area contributed by atoms with Crippen LogP contribution in [0.25, 0.3) is 0 Å². The van der Waals surface area contributed by atoms with E-state index in [9.17, 15) is 0 Å². The molecule has 1 N–H and O–H groups in total. The fourth-order valence-corrected chi connectivity index (χ4v) is 3.38. The van der Waals surface area contributed by atoms with Gasteiger partial charge in [0.15, 0.2) is 0 Å². The highest BCUT2D eigenvalue weighted by Crippen LogP contribution is 2.35. The molecule has 2 bridgehead atoms. The maximum Gasteiger partial charge on any atom is 0.138 e. The first-order valence-corrected chi connectivity index (χ1v) is 7.07. The summed E-state index contributed by atoms with van der Waals surface area (Å²) in [5.74, 6) is 1.69. The van der Waals surface area contributed by atoms with Gasteiger partial charge in [-0.3, -0.25) is 4.98 Å². The van der Waals surface area contributed by atoms with Crippen LogP contribution in [-0.2, 0) is 6.42 Å². The number of ether oxygens (including phenoxy) is 1. The lowest BCUT2D eigenvalue weighted by atomic mass is 9.85. The van der Waals surface area contributed by atoms with Gasteiger partial charge in [0, 0.05) is 18.3 Å². The number of pyridine rings is 1. The molecule has 3 heterocycles. The zero-order valence-corrected chi connectivity index (χ0v) is 11.2. The number of aromatic nitrogens is 1. The van der Waals surface area contributed by atoms with Crippen molar-refractivity contribution in [2.75, 3.05) is 0 Å². The average Bonchev–Trinajstić information content (AvgIpc) is 2.90. The monoisotopic (exact) mass is 246 g/mol. The van der Waals surface area contributed by atoms with Crippen LogP contribution >= 0.6 is 0 Å². The van der Waals surface area contributed by atoms with Crippen molar-refractivity contribution in [2.45, 2.75) is 57.7 Å². The zero-order chi connectivity index (χ0) is 12.5. The van der Waals surface area contributed by atoms with Crippen molar-refractivity contribution >= 4 is 0 Å². The van der Waals surface area contributed by atoms with Crippen LogP contribution in [0.15, 0.2) is 18.5 Å². The molecule has 0 amide bonds. The Morgan fingerprint density at radius 1 is 1.39 bits per heavy atom. The van der Waals surface area contributed by atoms with E-state index < -0.39 is 0 Å². The van der Waals surface area contributed by atoms with Crippen LogP contribution in [0.3, 0.4) is 0 Å². The summed E-state index contributed by atoms with van der Waals surface area (Å²) in [7, 11) is 0. The Labute approximate surface area is 109 Å². The minimum Gasteiger partial charge on any atom is -0.489 e. The van der Waals surface area contributed by atoms with E-state index in [1.807, 2.05) is 26.2 Å². The molecule has 2 aliphatic rings. The minimum atomic E-state index is 0.214. The molecule has 18 heavy (non-hydrogen) atoms. The second-order valence-corrected chi connectivity index (χ2v) is 5.94. The molecule has 2 saturated heterocycles. The largest absolute Gasteiger partial charge is 0.489 e. The van der Waals surface area contributed by atoms with E-state index in [0.29, 0.717) is 0 Å². The van der Waals surface area contributed by atoms with Gasteiger partial charge in [-0.1, -0.05) is 0 Å². The number of hydrogen-bond acceptors (Lipinski definition) is 3. The van der Waals surface area contributed by atoms with Gasteiger partial charge in [0.2, 0.25) is 0 Å². The van der Waals surface area contributed by atoms with Crippen LogP contribution in [0.2, 0.25) is 0 Å². The van der Waals surface area contributed by atoms with Gasteiger partial charge in [-0.15, -0.1) is 0 Å². The van der Waals surface area contributed by atoms with Crippen LogP contribution in [0.1, 0.15) is 38.7 Å². The van der Waals surface area contributed by atoms with Crippen molar-refractivity contribution in [3.8, 4) is 5.75 Å². The van der Waals surface area contributed by atoms with Gasteiger partial charge in [-0.25, -0.2) is 0 Å². The molecule has 2 fully saturated rings. The van der Waals surface area contributed by atoms with Gasteiger partial charge in [0.25, 0.3) is 0 Å².